The van der Waals surface area contributed by atoms with Gasteiger partial charge in [0, 0.05) is 11.3 Å². The van der Waals surface area contributed by atoms with Crippen molar-refractivity contribution in [2.24, 2.45) is 5.73 Å². The van der Waals surface area contributed by atoms with E-state index >= 15 is 0 Å². The number of primary amides is 1. The molecule has 0 saturated carbocycles. The number of thioether (sulfide) groups is 1. The van der Waals surface area contributed by atoms with Gasteiger partial charge in [0.15, 0.2) is 11.0 Å². The van der Waals surface area contributed by atoms with E-state index in [9.17, 15) is 4.79 Å². The molecule has 6 nitrogen and oxygen atoms in total. The summed E-state index contributed by atoms with van der Waals surface area (Å²) in [4.78, 5) is 11.5. The molecule has 1 unspecified atom stereocenters. The molecule has 2 aromatic carbocycles. The van der Waals surface area contributed by atoms with Gasteiger partial charge in [-0.05, 0) is 43.3 Å². The zero-order valence-electron chi connectivity index (χ0n) is 14.2. The van der Waals surface area contributed by atoms with Crippen LogP contribution < -0.4 is 10.5 Å². The van der Waals surface area contributed by atoms with Gasteiger partial charge in [-0.2, -0.15) is 0 Å². The van der Waals surface area contributed by atoms with Gasteiger partial charge in [0.25, 0.3) is 0 Å². The number of benzene rings is 2. The Bertz CT molecular complexity index is 927. The summed E-state index contributed by atoms with van der Waals surface area (Å²) < 4.78 is 7.07. The van der Waals surface area contributed by atoms with E-state index in [1.807, 2.05) is 47.0 Å². The Kier molecular flexibility index (Phi) is 5.49. The van der Waals surface area contributed by atoms with Crippen molar-refractivity contribution in [2.45, 2.75) is 17.3 Å². The first-order valence-electron chi connectivity index (χ1n) is 7.82. The van der Waals surface area contributed by atoms with Crippen molar-refractivity contribution in [2.75, 3.05) is 7.11 Å². The molecule has 2 N–H and O–H groups in total. The minimum Gasteiger partial charge on any atom is -0.497 e. The summed E-state index contributed by atoms with van der Waals surface area (Å²) in [6, 6.07) is 14.9. The van der Waals surface area contributed by atoms with Crippen LogP contribution in [-0.4, -0.2) is 33.0 Å². The largest absolute Gasteiger partial charge is 0.497 e. The van der Waals surface area contributed by atoms with Gasteiger partial charge in [-0.15, -0.1) is 10.2 Å². The van der Waals surface area contributed by atoms with Gasteiger partial charge < -0.3 is 10.5 Å². The molecule has 0 spiro atoms. The fourth-order valence-electron chi connectivity index (χ4n) is 2.34. The number of halogens is 1. The molecular weight excluding hydrogens is 372 g/mol. The first-order valence-corrected chi connectivity index (χ1v) is 9.07. The summed E-state index contributed by atoms with van der Waals surface area (Å²) in [7, 11) is 1.61. The number of amides is 1. The highest BCUT2D eigenvalue weighted by Gasteiger charge is 2.21. The average Bonchev–Trinajstić information content (AvgIpc) is 3.05. The number of hydrogen-bond acceptors (Lipinski definition) is 5. The highest BCUT2D eigenvalue weighted by atomic mass is 35.5. The monoisotopic (exact) mass is 388 g/mol. The maximum absolute atomic E-state index is 11.5. The summed E-state index contributed by atoms with van der Waals surface area (Å²) in [6.45, 7) is 1.73. The third-order valence-corrected chi connectivity index (χ3v) is 5.15. The molecule has 0 fully saturated rings. The molecule has 1 heterocycles. The zero-order valence-corrected chi connectivity index (χ0v) is 15.8. The molecule has 8 heteroatoms. The Morgan fingerprint density at radius 3 is 2.50 bits per heavy atom. The first kappa shape index (κ1) is 18.3. The molecule has 1 atom stereocenters. The van der Waals surface area contributed by atoms with E-state index in [-0.39, 0.29) is 0 Å². The van der Waals surface area contributed by atoms with Crippen molar-refractivity contribution in [3.8, 4) is 22.8 Å². The fraction of sp³-hybridized carbons (Fsp3) is 0.167. The molecule has 0 radical (unpaired) electrons. The van der Waals surface area contributed by atoms with E-state index in [4.69, 9.17) is 22.1 Å². The predicted octanol–water partition coefficient (Wildman–Crippen LogP) is 3.56. The summed E-state index contributed by atoms with van der Waals surface area (Å²) >= 11 is 7.59. The van der Waals surface area contributed by atoms with E-state index < -0.39 is 11.2 Å². The van der Waals surface area contributed by atoms with Crippen LogP contribution in [0.4, 0.5) is 0 Å². The Labute approximate surface area is 160 Å². The van der Waals surface area contributed by atoms with Crippen molar-refractivity contribution in [3.63, 3.8) is 0 Å². The Morgan fingerprint density at radius 1 is 1.19 bits per heavy atom. The minimum atomic E-state index is -0.449. The topological polar surface area (TPSA) is 83.0 Å². The van der Waals surface area contributed by atoms with Gasteiger partial charge in [0.2, 0.25) is 5.91 Å². The van der Waals surface area contributed by atoms with Crippen molar-refractivity contribution < 1.29 is 9.53 Å². The molecule has 26 heavy (non-hydrogen) atoms. The maximum atomic E-state index is 11.5. The van der Waals surface area contributed by atoms with Crippen LogP contribution in [0, 0.1) is 0 Å². The van der Waals surface area contributed by atoms with Crippen molar-refractivity contribution in [3.05, 3.63) is 53.6 Å². The maximum Gasteiger partial charge on any atom is 0.230 e. The number of nitrogens with zero attached hydrogens (tertiary/aromatic N) is 3. The summed E-state index contributed by atoms with van der Waals surface area (Å²) in [5.74, 6) is 0.902. The molecule has 0 saturated heterocycles. The summed E-state index contributed by atoms with van der Waals surface area (Å²) in [5.41, 5.74) is 6.97. The van der Waals surface area contributed by atoms with Gasteiger partial charge in [-0.1, -0.05) is 35.5 Å². The second kappa shape index (κ2) is 7.80. The average molecular weight is 389 g/mol. The molecule has 0 aliphatic rings. The first-order chi connectivity index (χ1) is 12.5. The molecule has 0 aliphatic heterocycles. The quantitative estimate of drug-likeness (QED) is 0.653. The second-order valence-electron chi connectivity index (χ2n) is 5.48. The Morgan fingerprint density at radius 2 is 1.88 bits per heavy atom. The Hall–Kier alpha value is -2.51. The number of nitrogens with two attached hydrogens (primary N) is 1. The van der Waals surface area contributed by atoms with Gasteiger partial charge in [-0.3, -0.25) is 9.36 Å². The van der Waals surface area contributed by atoms with Crippen LogP contribution in [0.15, 0.2) is 53.7 Å². The minimum absolute atomic E-state index is 0.418. The lowest BCUT2D eigenvalue weighted by Gasteiger charge is -2.13. The highest BCUT2D eigenvalue weighted by Crippen LogP contribution is 2.33. The summed E-state index contributed by atoms with van der Waals surface area (Å²) in [6.07, 6.45) is 0. The second-order valence-corrected chi connectivity index (χ2v) is 7.20. The third kappa shape index (κ3) is 3.68. The lowest BCUT2D eigenvalue weighted by molar-refractivity contribution is -0.117. The van der Waals surface area contributed by atoms with Crippen LogP contribution in [0.3, 0.4) is 0 Å². The van der Waals surface area contributed by atoms with Crippen molar-refractivity contribution in [1.82, 2.24) is 14.8 Å². The van der Waals surface area contributed by atoms with Crippen LogP contribution in [0.2, 0.25) is 5.02 Å². The van der Waals surface area contributed by atoms with E-state index in [2.05, 4.69) is 10.2 Å². The lowest BCUT2D eigenvalue weighted by atomic mass is 10.2. The zero-order chi connectivity index (χ0) is 18.7. The number of carbonyl (C=O) groups excluding carboxylic acids is 1. The van der Waals surface area contributed by atoms with Crippen LogP contribution in [0.25, 0.3) is 17.1 Å². The molecular formula is C18H17ClN4O2S. The van der Waals surface area contributed by atoms with E-state index in [0.717, 1.165) is 17.0 Å². The van der Waals surface area contributed by atoms with Gasteiger partial charge in [0.05, 0.1) is 17.4 Å². The third-order valence-electron chi connectivity index (χ3n) is 3.76. The van der Waals surface area contributed by atoms with E-state index in [1.165, 1.54) is 11.8 Å². The molecule has 1 amide bonds. The van der Waals surface area contributed by atoms with E-state index in [0.29, 0.717) is 16.0 Å². The summed E-state index contributed by atoms with van der Waals surface area (Å²) in [5, 5.41) is 9.22. The SMILES string of the molecule is COc1ccc(-n2c(SC(C)C(N)=O)nnc2-c2ccccc2Cl)cc1. The fourth-order valence-corrected chi connectivity index (χ4v) is 3.38. The molecule has 0 aliphatic carbocycles. The molecule has 0 bridgehead atoms. The normalized spacial score (nSPS) is 12.0. The number of hydrogen-bond donors (Lipinski definition) is 1. The standard InChI is InChI=1S/C18H17ClN4O2S/c1-11(16(20)24)26-18-22-21-17(14-5-3-4-6-15(14)19)23(18)12-7-9-13(25-2)10-8-12/h3-11H,1-2H3,(H2,20,24). The smallest absolute Gasteiger partial charge is 0.230 e. The molecule has 3 aromatic rings. The van der Waals surface area contributed by atoms with Crippen molar-refractivity contribution >= 4 is 29.3 Å². The van der Waals surface area contributed by atoms with Crippen LogP contribution in [-0.2, 0) is 4.79 Å². The number of aromatic nitrogens is 3. The number of methoxy groups -OCH3 is 1. The lowest BCUT2D eigenvalue weighted by Crippen LogP contribution is -2.23. The van der Waals surface area contributed by atoms with Gasteiger partial charge in [-0.25, -0.2) is 0 Å². The molecule has 3 rings (SSSR count). The van der Waals surface area contributed by atoms with Crippen molar-refractivity contribution in [1.29, 1.82) is 0 Å². The highest BCUT2D eigenvalue weighted by molar-refractivity contribution is 8.00. The predicted molar refractivity (Wildman–Crippen MR) is 103 cm³/mol. The number of rotatable bonds is 6. The number of carbonyl (C=O) groups is 1. The molecule has 134 valence electrons. The van der Waals surface area contributed by atoms with E-state index in [1.54, 1.807) is 20.1 Å². The molecule has 1 aromatic heterocycles. The van der Waals surface area contributed by atoms with Crippen LogP contribution in [0.1, 0.15) is 6.92 Å². The number of ether oxygens (including phenoxy) is 1. The van der Waals surface area contributed by atoms with Crippen LogP contribution in [0.5, 0.6) is 5.75 Å². The Balaban J connectivity index is 2.14. The van der Waals surface area contributed by atoms with Gasteiger partial charge in [0.1, 0.15) is 5.75 Å². The van der Waals surface area contributed by atoms with Crippen LogP contribution >= 0.6 is 23.4 Å². The van der Waals surface area contributed by atoms with Gasteiger partial charge >= 0.3 is 0 Å².